The van der Waals surface area contributed by atoms with Crippen molar-refractivity contribution in [3.63, 3.8) is 0 Å². The smallest absolute Gasteiger partial charge is 0.181 e. The molecule has 1 aromatic carbocycles. The molecular weight excluding hydrogens is 260 g/mol. The monoisotopic (exact) mass is 282 g/mol. The van der Waals surface area contributed by atoms with Crippen LogP contribution in [-0.2, 0) is 9.84 Å². The predicted octanol–water partition coefficient (Wildman–Crippen LogP) is 2.03. The number of rotatable bonds is 4. The van der Waals surface area contributed by atoms with Gasteiger partial charge in [0.25, 0.3) is 0 Å². The standard InChI is InChI=1S/C14H22N2O2S/c1-11(2)16-12-3-5-13(6-4-12)19(17,18)14-7-9-15-10-8-14/h3-6,11,14-16H,7-10H2,1-2H3. The predicted molar refractivity (Wildman–Crippen MR) is 78.3 cm³/mol. The Labute approximate surface area is 115 Å². The van der Waals surface area contributed by atoms with Gasteiger partial charge < -0.3 is 10.6 Å². The van der Waals surface area contributed by atoms with Gasteiger partial charge in [-0.15, -0.1) is 0 Å². The molecule has 0 spiro atoms. The van der Waals surface area contributed by atoms with Crippen molar-refractivity contribution in [1.29, 1.82) is 0 Å². The molecule has 0 aliphatic carbocycles. The molecule has 0 saturated carbocycles. The van der Waals surface area contributed by atoms with E-state index in [1.807, 2.05) is 12.1 Å². The molecule has 1 heterocycles. The zero-order chi connectivity index (χ0) is 13.9. The summed E-state index contributed by atoms with van der Waals surface area (Å²) in [4.78, 5) is 0.439. The molecule has 0 amide bonds. The van der Waals surface area contributed by atoms with Crippen LogP contribution < -0.4 is 10.6 Å². The van der Waals surface area contributed by atoms with E-state index in [9.17, 15) is 8.42 Å². The van der Waals surface area contributed by atoms with Gasteiger partial charge in [0.15, 0.2) is 9.84 Å². The fraction of sp³-hybridized carbons (Fsp3) is 0.571. The van der Waals surface area contributed by atoms with Gasteiger partial charge in [-0.2, -0.15) is 0 Å². The fourth-order valence-electron chi connectivity index (χ4n) is 2.37. The second-order valence-electron chi connectivity index (χ2n) is 5.32. The third-order valence-corrected chi connectivity index (χ3v) is 5.64. The highest BCUT2D eigenvalue weighted by Crippen LogP contribution is 2.23. The maximum absolute atomic E-state index is 12.5. The quantitative estimate of drug-likeness (QED) is 0.887. The molecule has 1 aliphatic rings. The van der Waals surface area contributed by atoms with Crippen LogP contribution in [-0.4, -0.2) is 32.8 Å². The Kier molecular flexibility index (Phi) is 4.47. The first-order valence-corrected chi connectivity index (χ1v) is 8.36. The fourth-order valence-corrected chi connectivity index (χ4v) is 4.13. The summed E-state index contributed by atoms with van der Waals surface area (Å²) in [5.41, 5.74) is 0.958. The Balaban J connectivity index is 2.16. The molecule has 19 heavy (non-hydrogen) atoms. The van der Waals surface area contributed by atoms with Crippen LogP contribution in [0.15, 0.2) is 29.2 Å². The second kappa shape index (κ2) is 5.92. The number of hydrogen-bond acceptors (Lipinski definition) is 4. The molecular formula is C14H22N2O2S. The summed E-state index contributed by atoms with van der Waals surface area (Å²) in [7, 11) is -3.18. The summed E-state index contributed by atoms with van der Waals surface area (Å²) >= 11 is 0. The van der Waals surface area contributed by atoms with Crippen molar-refractivity contribution in [2.45, 2.75) is 42.9 Å². The lowest BCUT2D eigenvalue weighted by Crippen LogP contribution is -2.35. The lowest BCUT2D eigenvalue weighted by atomic mass is 10.2. The van der Waals surface area contributed by atoms with Crippen LogP contribution in [0.3, 0.4) is 0 Å². The number of sulfone groups is 1. The highest BCUT2D eigenvalue weighted by atomic mass is 32.2. The van der Waals surface area contributed by atoms with Crippen LogP contribution in [0.5, 0.6) is 0 Å². The average Bonchev–Trinajstić information content (AvgIpc) is 2.40. The van der Waals surface area contributed by atoms with E-state index >= 15 is 0 Å². The SMILES string of the molecule is CC(C)Nc1ccc(S(=O)(=O)C2CCNCC2)cc1. The van der Waals surface area contributed by atoms with Gasteiger partial charge >= 0.3 is 0 Å². The Hall–Kier alpha value is -1.07. The highest BCUT2D eigenvalue weighted by Gasteiger charge is 2.28. The van der Waals surface area contributed by atoms with E-state index in [1.165, 1.54) is 0 Å². The van der Waals surface area contributed by atoms with Crippen molar-refractivity contribution < 1.29 is 8.42 Å². The van der Waals surface area contributed by atoms with Crippen LogP contribution in [0.2, 0.25) is 0 Å². The number of nitrogens with one attached hydrogen (secondary N) is 2. The molecule has 1 aliphatic heterocycles. The van der Waals surface area contributed by atoms with Gasteiger partial charge in [0.05, 0.1) is 10.1 Å². The van der Waals surface area contributed by atoms with Gasteiger partial charge in [-0.25, -0.2) is 8.42 Å². The number of anilines is 1. The third-order valence-electron chi connectivity index (χ3n) is 3.36. The molecule has 5 heteroatoms. The number of piperidine rings is 1. The molecule has 0 atom stereocenters. The molecule has 2 rings (SSSR count). The molecule has 2 N–H and O–H groups in total. The van der Waals surface area contributed by atoms with Gasteiger partial charge in [-0.1, -0.05) is 0 Å². The van der Waals surface area contributed by atoms with Crippen LogP contribution in [0.25, 0.3) is 0 Å². The molecule has 0 radical (unpaired) electrons. The molecule has 4 nitrogen and oxygen atoms in total. The molecule has 0 unspecified atom stereocenters. The van der Waals surface area contributed by atoms with E-state index in [2.05, 4.69) is 24.5 Å². The van der Waals surface area contributed by atoms with E-state index in [1.54, 1.807) is 12.1 Å². The molecule has 106 valence electrons. The van der Waals surface area contributed by atoms with Crippen molar-refractivity contribution >= 4 is 15.5 Å². The Morgan fingerprint density at radius 1 is 1.16 bits per heavy atom. The molecule has 1 saturated heterocycles. The van der Waals surface area contributed by atoms with E-state index in [-0.39, 0.29) is 5.25 Å². The van der Waals surface area contributed by atoms with E-state index in [4.69, 9.17) is 0 Å². The molecule has 1 aromatic rings. The van der Waals surface area contributed by atoms with Gasteiger partial charge in [-0.3, -0.25) is 0 Å². The molecule has 0 bridgehead atoms. The summed E-state index contributed by atoms with van der Waals surface area (Å²) in [5, 5.41) is 6.21. The van der Waals surface area contributed by atoms with Crippen molar-refractivity contribution in [3.8, 4) is 0 Å². The summed E-state index contributed by atoms with van der Waals surface area (Å²) in [6.07, 6.45) is 1.41. The zero-order valence-corrected chi connectivity index (χ0v) is 12.3. The van der Waals surface area contributed by atoms with Crippen LogP contribution in [0, 0.1) is 0 Å². The Morgan fingerprint density at radius 2 is 1.74 bits per heavy atom. The van der Waals surface area contributed by atoms with Crippen LogP contribution in [0.1, 0.15) is 26.7 Å². The first-order chi connectivity index (χ1) is 9.00. The summed E-state index contributed by atoms with van der Waals surface area (Å²) in [6.45, 7) is 5.69. The van der Waals surface area contributed by atoms with E-state index in [0.29, 0.717) is 23.8 Å². The maximum atomic E-state index is 12.5. The number of benzene rings is 1. The van der Waals surface area contributed by atoms with Crippen molar-refractivity contribution in [3.05, 3.63) is 24.3 Å². The first-order valence-electron chi connectivity index (χ1n) is 6.81. The maximum Gasteiger partial charge on any atom is 0.181 e. The van der Waals surface area contributed by atoms with Crippen LogP contribution >= 0.6 is 0 Å². The van der Waals surface area contributed by atoms with Gasteiger partial charge in [0, 0.05) is 11.7 Å². The minimum Gasteiger partial charge on any atom is -0.383 e. The van der Waals surface area contributed by atoms with Gasteiger partial charge in [-0.05, 0) is 64.0 Å². The summed E-state index contributed by atoms with van der Waals surface area (Å²) < 4.78 is 24.9. The topological polar surface area (TPSA) is 58.2 Å². The Bertz CT molecular complexity index is 503. The van der Waals surface area contributed by atoms with Crippen molar-refractivity contribution in [1.82, 2.24) is 5.32 Å². The molecule has 1 fully saturated rings. The van der Waals surface area contributed by atoms with Crippen molar-refractivity contribution in [2.75, 3.05) is 18.4 Å². The second-order valence-corrected chi connectivity index (χ2v) is 7.55. The normalized spacial score (nSPS) is 17.6. The average molecular weight is 282 g/mol. The largest absolute Gasteiger partial charge is 0.383 e. The van der Waals surface area contributed by atoms with Gasteiger partial charge in [0.2, 0.25) is 0 Å². The third kappa shape index (κ3) is 3.48. The lowest BCUT2D eigenvalue weighted by Gasteiger charge is -2.22. The summed E-state index contributed by atoms with van der Waals surface area (Å²) in [6, 6.07) is 7.44. The minimum absolute atomic E-state index is 0.238. The zero-order valence-electron chi connectivity index (χ0n) is 11.5. The molecule has 0 aromatic heterocycles. The first kappa shape index (κ1) is 14.3. The van der Waals surface area contributed by atoms with E-state index < -0.39 is 9.84 Å². The number of hydrogen-bond donors (Lipinski definition) is 2. The summed E-state index contributed by atoms with van der Waals surface area (Å²) in [5.74, 6) is 0. The van der Waals surface area contributed by atoms with Crippen LogP contribution in [0.4, 0.5) is 5.69 Å². The van der Waals surface area contributed by atoms with Crippen molar-refractivity contribution in [2.24, 2.45) is 0 Å². The highest BCUT2D eigenvalue weighted by molar-refractivity contribution is 7.92. The minimum atomic E-state index is -3.18. The van der Waals surface area contributed by atoms with Gasteiger partial charge in [0.1, 0.15) is 0 Å². The lowest BCUT2D eigenvalue weighted by molar-refractivity contribution is 0.496. The Morgan fingerprint density at radius 3 is 2.26 bits per heavy atom. The van der Waals surface area contributed by atoms with E-state index in [0.717, 1.165) is 18.8 Å².